The first-order valence-electron chi connectivity index (χ1n) is 5.17. The number of halogens is 3. The van der Waals surface area contributed by atoms with E-state index >= 15 is 0 Å². The van der Waals surface area contributed by atoms with E-state index in [0.29, 0.717) is 19.0 Å². The first-order chi connectivity index (χ1) is 7.57. The summed E-state index contributed by atoms with van der Waals surface area (Å²) in [7, 11) is 0. The summed E-state index contributed by atoms with van der Waals surface area (Å²) in [6.07, 6.45) is 3.29. The van der Waals surface area contributed by atoms with Crippen molar-refractivity contribution in [1.82, 2.24) is 9.97 Å². The Morgan fingerprint density at radius 3 is 2.19 bits per heavy atom. The smallest absolute Gasteiger partial charge is 0.445 e. The molecule has 88 valence electrons. The molecule has 0 atom stereocenters. The van der Waals surface area contributed by atoms with Crippen LogP contribution < -0.4 is 5.46 Å². The second kappa shape index (κ2) is 4.41. The van der Waals surface area contributed by atoms with Gasteiger partial charge in [-0.3, -0.25) is 0 Å². The van der Waals surface area contributed by atoms with Crippen LogP contribution in [0.3, 0.4) is 0 Å². The molecular formula is C9H11BF3N2O-. The molecule has 0 saturated carbocycles. The van der Waals surface area contributed by atoms with E-state index in [0.717, 1.165) is 25.2 Å². The van der Waals surface area contributed by atoms with Crippen molar-refractivity contribution in [3.8, 4) is 0 Å². The van der Waals surface area contributed by atoms with Crippen molar-refractivity contribution < 1.29 is 17.7 Å². The van der Waals surface area contributed by atoms with Crippen molar-refractivity contribution in [2.24, 2.45) is 0 Å². The molecule has 2 heterocycles. The van der Waals surface area contributed by atoms with E-state index in [1.807, 2.05) is 0 Å². The number of ether oxygens (including phenoxy) is 1. The van der Waals surface area contributed by atoms with Crippen LogP contribution in [0.4, 0.5) is 12.9 Å². The minimum absolute atomic E-state index is 0.128. The van der Waals surface area contributed by atoms with Gasteiger partial charge < -0.3 is 17.7 Å². The summed E-state index contributed by atoms with van der Waals surface area (Å²) in [4.78, 5) is 7.60. The average Bonchev–Trinajstić information content (AvgIpc) is 2.29. The summed E-state index contributed by atoms with van der Waals surface area (Å²) >= 11 is 0. The Hall–Kier alpha value is -1.11. The molecule has 3 nitrogen and oxygen atoms in total. The van der Waals surface area contributed by atoms with Gasteiger partial charge in [0, 0.05) is 31.5 Å². The molecule has 0 radical (unpaired) electrons. The average molecular weight is 231 g/mol. The Morgan fingerprint density at radius 1 is 1.12 bits per heavy atom. The second-order valence-corrected chi connectivity index (χ2v) is 3.84. The van der Waals surface area contributed by atoms with Gasteiger partial charge in [-0.25, -0.2) is 9.97 Å². The van der Waals surface area contributed by atoms with Crippen LogP contribution in [0.1, 0.15) is 24.6 Å². The van der Waals surface area contributed by atoms with Gasteiger partial charge in [-0.2, -0.15) is 0 Å². The number of hydrogen-bond acceptors (Lipinski definition) is 3. The van der Waals surface area contributed by atoms with Gasteiger partial charge in [0.25, 0.3) is 0 Å². The van der Waals surface area contributed by atoms with Crippen molar-refractivity contribution in [1.29, 1.82) is 0 Å². The van der Waals surface area contributed by atoms with E-state index in [2.05, 4.69) is 9.97 Å². The maximum atomic E-state index is 12.3. The van der Waals surface area contributed by atoms with Crippen LogP contribution in [-0.2, 0) is 4.74 Å². The standard InChI is InChI=1S/C9H11BF3N2O/c11-10(12,13)8-5-14-9(15-6-8)7-1-3-16-4-2-7/h5-7H,1-4H2/q-1. The zero-order valence-corrected chi connectivity index (χ0v) is 8.57. The van der Waals surface area contributed by atoms with Gasteiger partial charge in [-0.15, -0.1) is 0 Å². The van der Waals surface area contributed by atoms with Gasteiger partial charge in [-0.1, -0.05) is 5.46 Å². The van der Waals surface area contributed by atoms with Crippen LogP contribution in [-0.4, -0.2) is 30.2 Å². The largest absolute Gasteiger partial charge is 0.512 e. The lowest BCUT2D eigenvalue weighted by molar-refractivity contribution is 0.0836. The maximum Gasteiger partial charge on any atom is 0.512 e. The molecule has 0 spiro atoms. The Morgan fingerprint density at radius 2 is 1.69 bits per heavy atom. The van der Waals surface area contributed by atoms with Crippen LogP contribution in [0.2, 0.25) is 0 Å². The van der Waals surface area contributed by atoms with E-state index in [9.17, 15) is 12.9 Å². The van der Waals surface area contributed by atoms with Gasteiger partial charge in [0.1, 0.15) is 5.82 Å². The first kappa shape index (κ1) is 11.4. The summed E-state index contributed by atoms with van der Waals surface area (Å²) in [5.74, 6) is 0.621. The monoisotopic (exact) mass is 231 g/mol. The lowest BCUT2D eigenvalue weighted by atomic mass is 9.82. The van der Waals surface area contributed by atoms with Crippen LogP contribution in [0.5, 0.6) is 0 Å². The zero-order valence-electron chi connectivity index (χ0n) is 8.57. The van der Waals surface area contributed by atoms with E-state index in [1.54, 1.807) is 0 Å². The molecule has 2 rings (SSSR count). The summed E-state index contributed by atoms with van der Waals surface area (Å²) in [6, 6.07) is 0. The fourth-order valence-corrected chi connectivity index (χ4v) is 1.68. The SMILES string of the molecule is F[B-](F)(F)c1cnc(C2CCOCC2)nc1. The molecule has 0 N–H and O–H groups in total. The summed E-state index contributed by atoms with van der Waals surface area (Å²) in [5, 5.41) is 0. The molecule has 0 aromatic carbocycles. The molecule has 0 bridgehead atoms. The number of hydrogen-bond donors (Lipinski definition) is 0. The number of aromatic nitrogens is 2. The van der Waals surface area contributed by atoms with Gasteiger partial charge in [0.15, 0.2) is 0 Å². The maximum absolute atomic E-state index is 12.3. The molecule has 1 saturated heterocycles. The molecule has 0 amide bonds. The molecule has 1 aliphatic rings. The number of nitrogens with zero attached hydrogens (tertiary/aromatic N) is 2. The normalized spacial score (nSPS) is 18.7. The fraction of sp³-hybridized carbons (Fsp3) is 0.556. The van der Waals surface area contributed by atoms with Crippen molar-refractivity contribution >= 4 is 12.4 Å². The second-order valence-electron chi connectivity index (χ2n) is 3.84. The van der Waals surface area contributed by atoms with Crippen molar-refractivity contribution in [3.63, 3.8) is 0 Å². The zero-order chi connectivity index (χ0) is 11.6. The third-order valence-corrected chi connectivity index (χ3v) is 2.66. The molecule has 0 aliphatic carbocycles. The molecule has 1 aromatic rings. The Labute approximate surface area is 91.1 Å². The molecule has 0 unspecified atom stereocenters. The van der Waals surface area contributed by atoms with Crippen LogP contribution in [0, 0.1) is 0 Å². The highest BCUT2D eigenvalue weighted by Gasteiger charge is 2.27. The minimum atomic E-state index is -4.99. The van der Waals surface area contributed by atoms with E-state index in [4.69, 9.17) is 4.74 Å². The summed E-state index contributed by atoms with van der Waals surface area (Å²) in [6.45, 7) is -3.74. The first-order valence-corrected chi connectivity index (χ1v) is 5.17. The summed E-state index contributed by atoms with van der Waals surface area (Å²) < 4.78 is 42.1. The van der Waals surface area contributed by atoms with E-state index < -0.39 is 12.4 Å². The fourth-order valence-electron chi connectivity index (χ4n) is 1.68. The molecule has 16 heavy (non-hydrogen) atoms. The van der Waals surface area contributed by atoms with Gasteiger partial charge >= 0.3 is 6.98 Å². The van der Waals surface area contributed by atoms with Crippen molar-refractivity contribution in [2.75, 3.05) is 13.2 Å². The lowest BCUT2D eigenvalue weighted by Crippen LogP contribution is -2.35. The van der Waals surface area contributed by atoms with Crippen LogP contribution in [0.15, 0.2) is 12.4 Å². The number of rotatable bonds is 2. The van der Waals surface area contributed by atoms with Crippen molar-refractivity contribution in [2.45, 2.75) is 18.8 Å². The van der Waals surface area contributed by atoms with Gasteiger partial charge in [0.2, 0.25) is 0 Å². The molecular weight excluding hydrogens is 220 g/mol. The van der Waals surface area contributed by atoms with Gasteiger partial charge in [0.05, 0.1) is 0 Å². The topological polar surface area (TPSA) is 35.0 Å². The molecule has 7 heteroatoms. The highest BCUT2D eigenvalue weighted by Crippen LogP contribution is 2.23. The quantitative estimate of drug-likeness (QED) is 0.722. The minimum Gasteiger partial charge on any atom is -0.445 e. The Balaban J connectivity index is 2.12. The Bertz CT molecular complexity index is 349. The lowest BCUT2D eigenvalue weighted by Gasteiger charge is -2.21. The van der Waals surface area contributed by atoms with Crippen LogP contribution in [0.25, 0.3) is 0 Å². The van der Waals surface area contributed by atoms with Crippen molar-refractivity contribution in [3.05, 3.63) is 18.2 Å². The highest BCUT2D eigenvalue weighted by molar-refractivity contribution is 6.73. The predicted octanol–water partition coefficient (Wildman–Crippen LogP) is 1.43. The third-order valence-electron chi connectivity index (χ3n) is 2.66. The predicted molar refractivity (Wildman–Crippen MR) is 53.5 cm³/mol. The highest BCUT2D eigenvalue weighted by atomic mass is 19.4. The van der Waals surface area contributed by atoms with E-state index in [-0.39, 0.29) is 5.92 Å². The third kappa shape index (κ3) is 2.52. The molecule has 1 aliphatic heterocycles. The Kier molecular flexibility index (Phi) is 3.14. The molecule has 1 fully saturated rings. The molecule has 1 aromatic heterocycles. The van der Waals surface area contributed by atoms with E-state index in [1.165, 1.54) is 0 Å². The van der Waals surface area contributed by atoms with Crippen LogP contribution >= 0.6 is 0 Å². The summed E-state index contributed by atoms with van der Waals surface area (Å²) in [5.41, 5.74) is -0.740. The van der Waals surface area contributed by atoms with Gasteiger partial charge in [-0.05, 0) is 12.8 Å².